The highest BCUT2D eigenvalue weighted by Gasteiger charge is 2.30. The second-order valence-corrected chi connectivity index (χ2v) is 10.2. The molecule has 0 saturated carbocycles. The van der Waals surface area contributed by atoms with Crippen molar-refractivity contribution in [1.29, 1.82) is 0 Å². The van der Waals surface area contributed by atoms with Gasteiger partial charge in [0.25, 0.3) is 0 Å². The van der Waals surface area contributed by atoms with Crippen LogP contribution in [-0.2, 0) is 16.0 Å². The Kier molecular flexibility index (Phi) is 8.06. The molecule has 0 bridgehead atoms. The Bertz CT molecular complexity index is 1230. The first kappa shape index (κ1) is 24.6. The molecule has 4 aromatic rings. The number of fused-ring (bicyclic) bond motifs is 1. The monoisotopic (exact) mass is 499 g/mol. The minimum Gasteiger partial charge on any atom is -0.379 e. The van der Waals surface area contributed by atoms with Gasteiger partial charge in [0.05, 0.1) is 29.3 Å². The van der Waals surface area contributed by atoms with E-state index >= 15 is 0 Å². The molecule has 2 heterocycles. The second-order valence-electron chi connectivity index (χ2n) is 9.20. The lowest BCUT2D eigenvalue weighted by molar-refractivity contribution is -0.119. The number of hydrogen-bond acceptors (Lipinski definition) is 5. The van der Waals surface area contributed by atoms with Crippen molar-refractivity contribution in [3.05, 3.63) is 95.6 Å². The smallest absolute Gasteiger partial charge is 0.240 e. The molecular weight excluding hydrogens is 466 g/mol. The summed E-state index contributed by atoms with van der Waals surface area (Å²) in [6, 6.07) is 26.6. The maximum atomic E-state index is 14.4. The third-order valence-electron chi connectivity index (χ3n) is 6.82. The number of thiazole rings is 1. The molecule has 0 spiro atoms. The molecule has 0 radical (unpaired) electrons. The molecule has 0 N–H and O–H groups in total. The van der Waals surface area contributed by atoms with Crippen LogP contribution in [0.2, 0.25) is 0 Å². The summed E-state index contributed by atoms with van der Waals surface area (Å²) in [4.78, 5) is 23.7. The quantitative estimate of drug-likeness (QED) is 0.294. The highest BCUT2D eigenvalue weighted by atomic mass is 32.1. The average molecular weight is 500 g/mol. The van der Waals surface area contributed by atoms with Crippen molar-refractivity contribution in [1.82, 2.24) is 9.88 Å². The fourth-order valence-electron chi connectivity index (χ4n) is 4.79. The second kappa shape index (κ2) is 11.8. The van der Waals surface area contributed by atoms with Crippen LogP contribution in [0.5, 0.6) is 0 Å². The Labute approximate surface area is 217 Å². The van der Waals surface area contributed by atoms with Crippen LogP contribution in [0.15, 0.2) is 78.9 Å². The number of nitrogens with zero attached hydrogens (tertiary/aromatic N) is 3. The number of amides is 1. The summed E-state index contributed by atoms with van der Waals surface area (Å²) in [5.41, 5.74) is 4.24. The van der Waals surface area contributed by atoms with Crippen LogP contribution in [0.1, 0.15) is 36.0 Å². The van der Waals surface area contributed by atoms with E-state index in [2.05, 4.69) is 30.0 Å². The number of hydrogen-bond donors (Lipinski definition) is 0. The van der Waals surface area contributed by atoms with Gasteiger partial charge >= 0.3 is 0 Å². The number of anilines is 1. The molecule has 1 aliphatic rings. The number of rotatable bonds is 9. The van der Waals surface area contributed by atoms with Gasteiger partial charge in [-0.25, -0.2) is 4.98 Å². The lowest BCUT2D eigenvalue weighted by Gasteiger charge is -2.29. The van der Waals surface area contributed by atoms with Gasteiger partial charge in [0.1, 0.15) is 0 Å². The van der Waals surface area contributed by atoms with Gasteiger partial charge in [-0.1, -0.05) is 85.0 Å². The van der Waals surface area contributed by atoms with Crippen molar-refractivity contribution in [3.63, 3.8) is 0 Å². The van der Waals surface area contributed by atoms with Crippen molar-refractivity contribution in [2.75, 3.05) is 44.3 Å². The summed E-state index contributed by atoms with van der Waals surface area (Å²) in [7, 11) is 0. The first-order valence-corrected chi connectivity index (χ1v) is 13.7. The van der Waals surface area contributed by atoms with Crippen LogP contribution in [0.4, 0.5) is 5.13 Å². The minimum absolute atomic E-state index is 0.0733. The average Bonchev–Trinajstić information content (AvgIpc) is 3.36. The first-order chi connectivity index (χ1) is 17.7. The topological polar surface area (TPSA) is 45.7 Å². The number of morpholine rings is 1. The van der Waals surface area contributed by atoms with Crippen molar-refractivity contribution < 1.29 is 9.53 Å². The van der Waals surface area contributed by atoms with Gasteiger partial charge in [-0.3, -0.25) is 14.6 Å². The molecule has 0 aliphatic carbocycles. The van der Waals surface area contributed by atoms with Crippen LogP contribution < -0.4 is 4.90 Å². The summed E-state index contributed by atoms with van der Waals surface area (Å²) in [5, 5.41) is 0.780. The number of aromatic nitrogens is 1. The van der Waals surface area contributed by atoms with E-state index in [-0.39, 0.29) is 11.8 Å². The van der Waals surface area contributed by atoms with Gasteiger partial charge in [0.15, 0.2) is 5.13 Å². The largest absolute Gasteiger partial charge is 0.379 e. The van der Waals surface area contributed by atoms with Crippen LogP contribution in [0.25, 0.3) is 10.2 Å². The number of carbonyl (C=O) groups is 1. The van der Waals surface area contributed by atoms with E-state index in [1.54, 1.807) is 11.3 Å². The zero-order valence-electron chi connectivity index (χ0n) is 20.8. The van der Waals surface area contributed by atoms with Gasteiger partial charge < -0.3 is 4.74 Å². The Morgan fingerprint density at radius 1 is 1.00 bits per heavy atom. The first-order valence-electron chi connectivity index (χ1n) is 12.8. The number of carbonyl (C=O) groups excluding carboxylic acids is 1. The van der Waals surface area contributed by atoms with Gasteiger partial charge in [-0.05, 0) is 41.7 Å². The van der Waals surface area contributed by atoms with Crippen LogP contribution in [0.3, 0.4) is 0 Å². The Morgan fingerprint density at radius 2 is 1.67 bits per heavy atom. The Balaban J connectivity index is 1.48. The van der Waals surface area contributed by atoms with E-state index in [1.165, 1.54) is 5.56 Å². The maximum Gasteiger partial charge on any atom is 0.240 e. The van der Waals surface area contributed by atoms with Crippen LogP contribution in [0, 0.1) is 0 Å². The standard InChI is InChI=1S/C30H33N3O2S/c1-2-23-14-15-26-27(22-23)36-30(31-26)33(17-9-16-32-18-20-35-21-19-32)29(34)28(24-10-5-3-6-11-24)25-12-7-4-8-13-25/h3-8,10-15,22,28H,2,9,16-21H2,1H3. The summed E-state index contributed by atoms with van der Waals surface area (Å²) in [6.45, 7) is 7.20. The lowest BCUT2D eigenvalue weighted by atomic mass is 9.90. The molecule has 1 aromatic heterocycles. The van der Waals surface area contributed by atoms with Gasteiger partial charge in [0, 0.05) is 26.2 Å². The summed E-state index contributed by atoms with van der Waals surface area (Å²) in [5.74, 6) is -0.307. The fourth-order valence-corrected chi connectivity index (χ4v) is 5.85. The number of ether oxygens (including phenoxy) is 1. The maximum absolute atomic E-state index is 14.4. The molecule has 1 aliphatic heterocycles. The third-order valence-corrected chi connectivity index (χ3v) is 7.86. The predicted octanol–water partition coefficient (Wildman–Crippen LogP) is 5.75. The van der Waals surface area contributed by atoms with Crippen molar-refractivity contribution >= 4 is 32.6 Å². The number of aryl methyl sites for hydroxylation is 1. The van der Waals surface area contributed by atoms with Gasteiger partial charge in [-0.15, -0.1) is 0 Å². The third kappa shape index (κ3) is 5.67. The van der Waals surface area contributed by atoms with Crippen LogP contribution in [-0.4, -0.2) is 55.2 Å². The molecule has 186 valence electrons. The molecule has 3 aromatic carbocycles. The highest BCUT2D eigenvalue weighted by molar-refractivity contribution is 7.22. The molecule has 5 rings (SSSR count). The van der Waals surface area contributed by atoms with E-state index in [0.717, 1.165) is 72.2 Å². The van der Waals surface area contributed by atoms with Crippen molar-refractivity contribution in [3.8, 4) is 0 Å². The molecular formula is C30H33N3O2S. The molecule has 1 fully saturated rings. The van der Waals surface area contributed by atoms with Gasteiger partial charge in [-0.2, -0.15) is 0 Å². The molecule has 36 heavy (non-hydrogen) atoms. The molecule has 5 nitrogen and oxygen atoms in total. The summed E-state index contributed by atoms with van der Waals surface area (Å²) < 4.78 is 6.63. The Hall–Kier alpha value is -3.06. The lowest BCUT2D eigenvalue weighted by Crippen LogP contribution is -2.40. The summed E-state index contributed by atoms with van der Waals surface area (Å²) in [6.07, 6.45) is 1.87. The molecule has 0 atom stereocenters. The van der Waals surface area contributed by atoms with E-state index in [4.69, 9.17) is 9.72 Å². The summed E-state index contributed by atoms with van der Waals surface area (Å²) >= 11 is 1.62. The van der Waals surface area contributed by atoms with E-state index in [1.807, 2.05) is 65.6 Å². The van der Waals surface area contributed by atoms with Gasteiger partial charge in [0.2, 0.25) is 5.91 Å². The molecule has 6 heteroatoms. The zero-order chi connectivity index (χ0) is 24.7. The molecule has 1 saturated heterocycles. The van der Waals surface area contributed by atoms with Crippen molar-refractivity contribution in [2.24, 2.45) is 0 Å². The van der Waals surface area contributed by atoms with E-state index in [0.29, 0.717) is 6.54 Å². The van der Waals surface area contributed by atoms with E-state index < -0.39 is 0 Å². The SMILES string of the molecule is CCc1ccc2nc(N(CCCN3CCOCC3)C(=O)C(c3ccccc3)c3ccccc3)sc2c1. The molecule has 1 amide bonds. The zero-order valence-corrected chi connectivity index (χ0v) is 21.6. The highest BCUT2D eigenvalue weighted by Crippen LogP contribution is 2.34. The van der Waals surface area contributed by atoms with Crippen molar-refractivity contribution in [2.45, 2.75) is 25.7 Å². The molecule has 0 unspecified atom stereocenters. The predicted molar refractivity (Wildman–Crippen MR) is 148 cm³/mol. The fraction of sp³-hybridized carbons (Fsp3) is 0.333. The minimum atomic E-state index is -0.381. The number of benzene rings is 3. The van der Waals surface area contributed by atoms with E-state index in [9.17, 15) is 4.79 Å². The Morgan fingerprint density at radius 3 is 2.31 bits per heavy atom. The normalized spacial score (nSPS) is 14.4. The van der Waals surface area contributed by atoms with Crippen LogP contribution >= 0.6 is 11.3 Å².